The molecule has 0 fully saturated rings. The molecule has 3 heteroatoms. The van der Waals surface area contributed by atoms with Gasteiger partial charge in [-0.1, -0.05) is 60.7 Å². The van der Waals surface area contributed by atoms with E-state index in [1.807, 2.05) is 22.7 Å². The smallest absolute Gasteiger partial charge is 0.0719 e. The van der Waals surface area contributed by atoms with Crippen molar-refractivity contribution in [2.24, 2.45) is 0 Å². The second-order valence-electron chi connectivity index (χ2n) is 7.41. The van der Waals surface area contributed by atoms with E-state index in [4.69, 9.17) is 0 Å². The summed E-state index contributed by atoms with van der Waals surface area (Å²) in [6.45, 7) is 0. The quantitative estimate of drug-likeness (QED) is 0.258. The lowest BCUT2D eigenvalue weighted by Crippen LogP contribution is -1.93. The van der Waals surface area contributed by atoms with E-state index in [1.54, 1.807) is 0 Å². The van der Waals surface area contributed by atoms with Crippen molar-refractivity contribution in [1.29, 1.82) is 0 Å². The van der Waals surface area contributed by atoms with Crippen LogP contribution in [0, 0.1) is 0 Å². The summed E-state index contributed by atoms with van der Waals surface area (Å²) in [6, 6.07) is 31.0. The van der Waals surface area contributed by atoms with Gasteiger partial charge in [-0.25, -0.2) is 0 Å². The molecule has 0 aliphatic rings. The van der Waals surface area contributed by atoms with Gasteiger partial charge < -0.3 is 4.57 Å². The number of aromatic nitrogens is 1. The van der Waals surface area contributed by atoms with Crippen LogP contribution in [0.4, 0.5) is 0 Å². The van der Waals surface area contributed by atoms with Gasteiger partial charge in [-0.2, -0.15) is 0 Å². The highest BCUT2D eigenvalue weighted by atomic mass is 32.1. The standard InChI is InChI=1S/C26H15NS2/c1-3-9-21-17(6-1)19-13-12-16-14-15-28-25(16)24(19)27(21)22-10-5-8-20-18-7-2-4-11-23(18)29-26(20)22/h1-15H. The van der Waals surface area contributed by atoms with Gasteiger partial charge in [0, 0.05) is 26.2 Å². The number of nitrogens with zero attached hydrogens (tertiary/aromatic N) is 1. The lowest BCUT2D eigenvalue weighted by molar-refractivity contribution is 1.21. The maximum Gasteiger partial charge on any atom is 0.0719 e. The molecule has 0 atom stereocenters. The third-order valence-electron chi connectivity index (χ3n) is 5.88. The fourth-order valence-corrected chi connectivity index (χ4v) is 6.77. The molecule has 4 aromatic carbocycles. The highest BCUT2D eigenvalue weighted by Gasteiger charge is 2.18. The number of benzene rings is 4. The monoisotopic (exact) mass is 405 g/mol. The first-order chi connectivity index (χ1) is 14.4. The molecule has 3 aromatic heterocycles. The van der Waals surface area contributed by atoms with Crippen molar-refractivity contribution in [1.82, 2.24) is 4.57 Å². The van der Waals surface area contributed by atoms with Gasteiger partial charge in [0.05, 0.1) is 26.1 Å². The van der Waals surface area contributed by atoms with Gasteiger partial charge in [-0.05, 0) is 35.0 Å². The number of rotatable bonds is 1. The van der Waals surface area contributed by atoms with E-state index >= 15 is 0 Å². The number of hydrogen-bond acceptors (Lipinski definition) is 2. The molecule has 7 aromatic rings. The van der Waals surface area contributed by atoms with E-state index in [0.29, 0.717) is 0 Å². The minimum atomic E-state index is 1.27. The average Bonchev–Trinajstić information content (AvgIpc) is 3.46. The normalized spacial score (nSPS) is 12.1. The molecule has 0 saturated carbocycles. The van der Waals surface area contributed by atoms with Crippen LogP contribution in [-0.4, -0.2) is 4.57 Å². The van der Waals surface area contributed by atoms with E-state index in [-0.39, 0.29) is 0 Å². The Morgan fingerprint density at radius 3 is 2.38 bits per heavy atom. The van der Waals surface area contributed by atoms with Gasteiger partial charge in [-0.15, -0.1) is 22.7 Å². The fraction of sp³-hybridized carbons (Fsp3) is 0. The molecule has 0 unspecified atom stereocenters. The molecule has 3 heterocycles. The van der Waals surface area contributed by atoms with Crippen molar-refractivity contribution in [3.8, 4) is 5.69 Å². The summed E-state index contributed by atoms with van der Waals surface area (Å²) in [6.07, 6.45) is 0. The summed E-state index contributed by atoms with van der Waals surface area (Å²) in [5.74, 6) is 0. The first-order valence-corrected chi connectivity index (χ1v) is 11.4. The zero-order chi connectivity index (χ0) is 18.9. The minimum absolute atomic E-state index is 1.27. The molecule has 29 heavy (non-hydrogen) atoms. The largest absolute Gasteiger partial charge is 0.306 e. The van der Waals surface area contributed by atoms with Crippen LogP contribution < -0.4 is 0 Å². The zero-order valence-corrected chi connectivity index (χ0v) is 17.1. The maximum atomic E-state index is 2.49. The molecular formula is C26H15NS2. The highest BCUT2D eigenvalue weighted by molar-refractivity contribution is 7.26. The van der Waals surface area contributed by atoms with Crippen LogP contribution in [0.2, 0.25) is 0 Å². The van der Waals surface area contributed by atoms with Crippen molar-refractivity contribution in [2.45, 2.75) is 0 Å². The molecule has 0 saturated heterocycles. The van der Waals surface area contributed by atoms with Crippen molar-refractivity contribution in [3.63, 3.8) is 0 Å². The Labute approximate surface area is 175 Å². The maximum absolute atomic E-state index is 2.49. The van der Waals surface area contributed by atoms with Crippen LogP contribution in [0.25, 0.3) is 57.8 Å². The molecule has 0 bridgehead atoms. The molecule has 136 valence electrons. The molecule has 0 radical (unpaired) electrons. The Bertz CT molecular complexity index is 1710. The Balaban J connectivity index is 1.75. The third kappa shape index (κ3) is 2.04. The van der Waals surface area contributed by atoms with Crippen molar-refractivity contribution in [2.75, 3.05) is 0 Å². The van der Waals surface area contributed by atoms with Gasteiger partial charge >= 0.3 is 0 Å². The summed E-state index contributed by atoms with van der Waals surface area (Å²) >= 11 is 3.73. The van der Waals surface area contributed by atoms with Crippen LogP contribution >= 0.6 is 22.7 Å². The molecule has 0 aliphatic carbocycles. The molecule has 1 nitrogen and oxygen atoms in total. The fourth-order valence-electron chi connectivity index (χ4n) is 4.63. The molecular weight excluding hydrogens is 390 g/mol. The molecule has 7 rings (SSSR count). The molecule has 0 amide bonds. The second kappa shape index (κ2) is 5.69. The second-order valence-corrected chi connectivity index (χ2v) is 9.37. The summed E-state index contributed by atoms with van der Waals surface area (Å²) in [7, 11) is 0. The summed E-state index contributed by atoms with van der Waals surface area (Å²) in [5, 5.41) is 8.84. The number of thiophene rings is 2. The van der Waals surface area contributed by atoms with E-state index in [2.05, 4.69) is 94.9 Å². The topological polar surface area (TPSA) is 4.93 Å². The SMILES string of the molecule is c1ccc2c(c1)sc1c(-n3c4ccccc4c4ccc5ccsc5c43)cccc12. The van der Waals surface area contributed by atoms with E-state index in [9.17, 15) is 0 Å². The van der Waals surface area contributed by atoms with Gasteiger partial charge in [-0.3, -0.25) is 0 Å². The predicted molar refractivity (Wildman–Crippen MR) is 129 cm³/mol. The number of hydrogen-bond donors (Lipinski definition) is 0. The predicted octanol–water partition coefficient (Wildman–Crippen LogP) is 8.37. The average molecular weight is 406 g/mol. The first-order valence-electron chi connectivity index (χ1n) is 9.70. The first kappa shape index (κ1) is 15.7. The van der Waals surface area contributed by atoms with Crippen LogP contribution in [0.3, 0.4) is 0 Å². The van der Waals surface area contributed by atoms with Crippen molar-refractivity contribution >= 4 is 74.7 Å². The summed E-state index contributed by atoms with van der Waals surface area (Å²) in [4.78, 5) is 0. The van der Waals surface area contributed by atoms with Gasteiger partial charge in [0.1, 0.15) is 0 Å². The van der Waals surface area contributed by atoms with E-state index < -0.39 is 0 Å². The van der Waals surface area contributed by atoms with Crippen molar-refractivity contribution < 1.29 is 0 Å². The van der Waals surface area contributed by atoms with Gasteiger partial charge in [0.2, 0.25) is 0 Å². The molecule has 0 spiro atoms. The van der Waals surface area contributed by atoms with E-state index in [1.165, 1.54) is 57.8 Å². The summed E-state index contributed by atoms with van der Waals surface area (Å²) < 4.78 is 6.54. The highest BCUT2D eigenvalue weighted by Crippen LogP contribution is 2.42. The summed E-state index contributed by atoms with van der Waals surface area (Å²) in [5.41, 5.74) is 3.87. The molecule has 0 aliphatic heterocycles. The van der Waals surface area contributed by atoms with Crippen LogP contribution in [0.15, 0.2) is 90.3 Å². The Hall–Kier alpha value is -3.14. The lowest BCUT2D eigenvalue weighted by Gasteiger charge is -2.10. The van der Waals surface area contributed by atoms with Crippen molar-refractivity contribution in [3.05, 3.63) is 90.3 Å². The molecule has 0 N–H and O–H groups in total. The Morgan fingerprint density at radius 1 is 0.586 bits per heavy atom. The lowest BCUT2D eigenvalue weighted by atomic mass is 10.1. The number of para-hydroxylation sites is 1. The Kier molecular flexibility index (Phi) is 3.09. The van der Waals surface area contributed by atoms with Gasteiger partial charge in [0.15, 0.2) is 0 Å². The zero-order valence-electron chi connectivity index (χ0n) is 15.4. The van der Waals surface area contributed by atoms with E-state index in [0.717, 1.165) is 0 Å². The van der Waals surface area contributed by atoms with Crippen LogP contribution in [0.1, 0.15) is 0 Å². The third-order valence-corrected chi connectivity index (χ3v) is 8.02. The Morgan fingerprint density at radius 2 is 1.41 bits per heavy atom. The van der Waals surface area contributed by atoms with Crippen LogP contribution in [0.5, 0.6) is 0 Å². The van der Waals surface area contributed by atoms with Gasteiger partial charge in [0.25, 0.3) is 0 Å². The number of fused-ring (bicyclic) bond motifs is 8. The van der Waals surface area contributed by atoms with Crippen LogP contribution in [-0.2, 0) is 0 Å². The minimum Gasteiger partial charge on any atom is -0.306 e.